The molecule has 0 aliphatic carbocycles. The fourth-order valence-corrected chi connectivity index (χ4v) is 3.94. The number of aromatic nitrogens is 2. The van der Waals surface area contributed by atoms with Gasteiger partial charge in [-0.2, -0.15) is 5.10 Å². The van der Waals surface area contributed by atoms with Crippen LogP contribution in [0.25, 0.3) is 0 Å². The van der Waals surface area contributed by atoms with Crippen molar-refractivity contribution < 1.29 is 19.5 Å². The van der Waals surface area contributed by atoms with Crippen LogP contribution in [0.3, 0.4) is 0 Å². The molecule has 1 aromatic heterocycles. The summed E-state index contributed by atoms with van der Waals surface area (Å²) in [6.45, 7) is 4.25. The fourth-order valence-electron chi connectivity index (χ4n) is 2.65. The van der Waals surface area contributed by atoms with Gasteiger partial charge in [-0.05, 0) is 25.5 Å². The molecule has 2 amide bonds. The molecule has 0 bridgehead atoms. The Morgan fingerprint density at radius 1 is 1.52 bits per heavy atom. The molecule has 2 atom stereocenters. The zero-order valence-corrected chi connectivity index (χ0v) is 13.5. The molecule has 8 nitrogen and oxygen atoms in total. The van der Waals surface area contributed by atoms with E-state index in [4.69, 9.17) is 0 Å². The van der Waals surface area contributed by atoms with Crippen LogP contribution < -0.4 is 5.32 Å². The van der Waals surface area contributed by atoms with Crippen LogP contribution in [0, 0.1) is 0 Å². The SMILES string of the molecule is CCn1ccc(C(=O)N[C@H]2C(=O)N3C(C(=O)O)=C(C)CS[C@H]23)n1. The van der Waals surface area contributed by atoms with Gasteiger partial charge in [0.15, 0.2) is 0 Å². The largest absolute Gasteiger partial charge is 0.477 e. The number of rotatable bonds is 4. The van der Waals surface area contributed by atoms with Gasteiger partial charge in [-0.1, -0.05) is 0 Å². The van der Waals surface area contributed by atoms with E-state index in [-0.39, 0.29) is 16.8 Å². The predicted octanol–water partition coefficient (Wildman–Crippen LogP) is 0.275. The van der Waals surface area contributed by atoms with Gasteiger partial charge in [0.2, 0.25) is 0 Å². The van der Waals surface area contributed by atoms with Gasteiger partial charge in [0.25, 0.3) is 11.8 Å². The Bertz CT molecular complexity index is 726. The van der Waals surface area contributed by atoms with Crippen LogP contribution in [-0.2, 0) is 16.1 Å². The van der Waals surface area contributed by atoms with E-state index in [2.05, 4.69) is 10.4 Å². The Kier molecular flexibility index (Phi) is 3.88. The van der Waals surface area contributed by atoms with E-state index in [9.17, 15) is 19.5 Å². The maximum absolute atomic E-state index is 12.3. The second-order valence-electron chi connectivity index (χ2n) is 5.35. The zero-order chi connectivity index (χ0) is 16.7. The minimum absolute atomic E-state index is 0.0273. The number of carboxylic acid groups (broad SMARTS) is 1. The Balaban J connectivity index is 1.73. The van der Waals surface area contributed by atoms with Crippen LogP contribution in [0.15, 0.2) is 23.5 Å². The normalized spacial score (nSPS) is 23.4. The minimum Gasteiger partial charge on any atom is -0.477 e. The number of nitrogens with zero attached hydrogens (tertiary/aromatic N) is 3. The van der Waals surface area contributed by atoms with Gasteiger partial charge in [-0.25, -0.2) is 4.79 Å². The molecule has 23 heavy (non-hydrogen) atoms. The fraction of sp³-hybridized carbons (Fsp3) is 0.429. The molecular weight excluding hydrogens is 320 g/mol. The van der Waals surface area contributed by atoms with E-state index >= 15 is 0 Å². The molecule has 0 spiro atoms. The van der Waals surface area contributed by atoms with Crippen LogP contribution >= 0.6 is 11.8 Å². The molecule has 2 aliphatic rings. The predicted molar refractivity (Wildman–Crippen MR) is 82.6 cm³/mol. The summed E-state index contributed by atoms with van der Waals surface area (Å²) in [5.41, 5.74) is 0.919. The van der Waals surface area contributed by atoms with E-state index in [1.807, 2.05) is 6.92 Å². The lowest BCUT2D eigenvalue weighted by Gasteiger charge is -2.49. The monoisotopic (exact) mass is 336 g/mol. The number of thioether (sulfide) groups is 1. The van der Waals surface area contributed by atoms with Gasteiger partial charge in [-0.15, -0.1) is 11.8 Å². The standard InChI is InChI=1S/C14H16N4O4S/c1-3-17-5-4-8(16-17)11(19)15-9-12(20)18-10(14(21)22)7(2)6-23-13(9)18/h4-5,9,13H,3,6H2,1-2H3,(H,15,19)(H,21,22)/t9-,13+/m0/s1. The van der Waals surface area contributed by atoms with Crippen molar-refractivity contribution in [2.24, 2.45) is 0 Å². The maximum Gasteiger partial charge on any atom is 0.352 e. The third-order valence-corrected chi connectivity index (χ3v) is 5.27. The summed E-state index contributed by atoms with van der Waals surface area (Å²) >= 11 is 1.44. The summed E-state index contributed by atoms with van der Waals surface area (Å²) in [6, 6.07) is 0.863. The topological polar surface area (TPSA) is 105 Å². The summed E-state index contributed by atoms with van der Waals surface area (Å²) in [5, 5.41) is 15.6. The molecule has 0 saturated carbocycles. The molecule has 0 aromatic carbocycles. The highest BCUT2D eigenvalue weighted by molar-refractivity contribution is 8.00. The molecule has 9 heteroatoms. The number of aryl methyl sites for hydroxylation is 1. The van der Waals surface area contributed by atoms with Crippen molar-refractivity contribution in [3.05, 3.63) is 29.2 Å². The lowest BCUT2D eigenvalue weighted by molar-refractivity contribution is -0.148. The summed E-state index contributed by atoms with van der Waals surface area (Å²) in [7, 11) is 0. The molecule has 3 heterocycles. The summed E-state index contributed by atoms with van der Waals surface area (Å²) in [4.78, 5) is 37.0. The summed E-state index contributed by atoms with van der Waals surface area (Å²) < 4.78 is 1.62. The molecule has 2 aliphatic heterocycles. The molecule has 122 valence electrons. The summed E-state index contributed by atoms with van der Waals surface area (Å²) in [6.07, 6.45) is 1.69. The van der Waals surface area contributed by atoms with Crippen molar-refractivity contribution in [3.63, 3.8) is 0 Å². The van der Waals surface area contributed by atoms with Crippen molar-refractivity contribution >= 4 is 29.5 Å². The van der Waals surface area contributed by atoms with Gasteiger partial charge < -0.3 is 10.4 Å². The van der Waals surface area contributed by atoms with E-state index in [1.165, 1.54) is 16.7 Å². The Hall–Kier alpha value is -2.29. The van der Waals surface area contributed by atoms with Crippen molar-refractivity contribution in [3.8, 4) is 0 Å². The average molecular weight is 336 g/mol. The highest BCUT2D eigenvalue weighted by Crippen LogP contribution is 2.40. The van der Waals surface area contributed by atoms with E-state index in [0.29, 0.717) is 17.9 Å². The number of carboxylic acids is 1. The van der Waals surface area contributed by atoms with Gasteiger partial charge in [0, 0.05) is 18.5 Å². The van der Waals surface area contributed by atoms with E-state index in [1.54, 1.807) is 23.9 Å². The minimum atomic E-state index is -1.12. The first-order valence-corrected chi connectivity index (χ1v) is 8.21. The van der Waals surface area contributed by atoms with Crippen LogP contribution in [-0.4, -0.2) is 54.7 Å². The Morgan fingerprint density at radius 2 is 2.26 bits per heavy atom. The van der Waals surface area contributed by atoms with Crippen molar-refractivity contribution in [2.75, 3.05) is 5.75 Å². The number of nitrogens with one attached hydrogen (secondary N) is 1. The maximum atomic E-state index is 12.3. The number of amides is 2. The van der Waals surface area contributed by atoms with Crippen LogP contribution in [0.4, 0.5) is 0 Å². The molecule has 1 aromatic rings. The molecule has 1 fully saturated rings. The smallest absolute Gasteiger partial charge is 0.352 e. The van der Waals surface area contributed by atoms with Gasteiger partial charge in [0.1, 0.15) is 22.8 Å². The number of hydrogen-bond donors (Lipinski definition) is 2. The number of fused-ring (bicyclic) bond motifs is 1. The second-order valence-corrected chi connectivity index (χ2v) is 6.46. The van der Waals surface area contributed by atoms with Crippen LogP contribution in [0.1, 0.15) is 24.3 Å². The van der Waals surface area contributed by atoms with Crippen LogP contribution in [0.5, 0.6) is 0 Å². The first-order chi connectivity index (χ1) is 10.9. The highest BCUT2D eigenvalue weighted by Gasteiger charge is 2.53. The number of carbonyl (C=O) groups is 3. The number of carbonyl (C=O) groups excluding carboxylic acids is 2. The number of hydrogen-bond acceptors (Lipinski definition) is 5. The first kappa shape index (κ1) is 15.6. The van der Waals surface area contributed by atoms with Crippen molar-refractivity contribution in [1.82, 2.24) is 20.0 Å². The molecule has 2 N–H and O–H groups in total. The van der Waals surface area contributed by atoms with Gasteiger partial charge in [0.05, 0.1) is 0 Å². The quantitative estimate of drug-likeness (QED) is 0.765. The van der Waals surface area contributed by atoms with Crippen molar-refractivity contribution in [1.29, 1.82) is 0 Å². The first-order valence-electron chi connectivity index (χ1n) is 7.16. The zero-order valence-electron chi connectivity index (χ0n) is 12.6. The van der Waals surface area contributed by atoms with Crippen molar-refractivity contribution in [2.45, 2.75) is 31.8 Å². The third-order valence-electron chi connectivity index (χ3n) is 3.85. The Morgan fingerprint density at radius 3 is 2.87 bits per heavy atom. The second kappa shape index (κ2) is 5.73. The lowest BCUT2D eigenvalue weighted by Crippen LogP contribution is -2.70. The van der Waals surface area contributed by atoms with E-state index < -0.39 is 23.8 Å². The molecule has 3 rings (SSSR count). The third kappa shape index (κ3) is 2.50. The van der Waals surface area contributed by atoms with Gasteiger partial charge >= 0.3 is 5.97 Å². The molecule has 0 radical (unpaired) electrons. The molecular formula is C14H16N4O4S. The molecule has 0 unspecified atom stereocenters. The summed E-state index contributed by atoms with van der Waals surface area (Å²) in [5.74, 6) is -1.43. The highest BCUT2D eigenvalue weighted by atomic mass is 32.2. The number of aliphatic carboxylic acids is 1. The Labute approximate surface area is 136 Å². The lowest BCUT2D eigenvalue weighted by atomic mass is 10.0. The van der Waals surface area contributed by atoms with E-state index in [0.717, 1.165) is 0 Å². The number of β-lactam (4-membered cyclic amide) rings is 1. The van der Waals surface area contributed by atoms with Crippen LogP contribution in [0.2, 0.25) is 0 Å². The van der Waals surface area contributed by atoms with Gasteiger partial charge in [-0.3, -0.25) is 19.2 Å². The molecule has 1 saturated heterocycles. The average Bonchev–Trinajstić information content (AvgIpc) is 3.01.